The molecule has 0 bridgehead atoms. The number of carbonyl (C=O) groups excluding carboxylic acids is 1. The molecule has 1 aliphatic rings. The number of nitrogens with zero attached hydrogens (tertiary/aromatic N) is 3. The van der Waals surface area contributed by atoms with Gasteiger partial charge in [-0.1, -0.05) is 6.07 Å². The quantitative estimate of drug-likeness (QED) is 0.780. The minimum atomic E-state index is -0.727. The van der Waals surface area contributed by atoms with E-state index in [-0.39, 0.29) is 18.6 Å². The molecule has 1 aromatic carbocycles. The van der Waals surface area contributed by atoms with E-state index in [0.29, 0.717) is 23.6 Å². The molecule has 0 spiro atoms. The standard InChI is InChI=1S/C18H17N3O3S/c22-15-10-21(18(23)17-9-20-11-25-17)6-4-16(15)24-14-2-1-12-3-5-19-8-13(12)7-14/h1-3,5,7-9,11,15-16,22H,4,6,10H2/t15-,16-/m1/s1. The number of piperidine rings is 1. The fourth-order valence-electron chi connectivity index (χ4n) is 3.02. The number of benzene rings is 1. The average molecular weight is 355 g/mol. The zero-order valence-corrected chi connectivity index (χ0v) is 14.2. The number of rotatable bonds is 3. The SMILES string of the molecule is O=C(c1cncs1)N1CC[C@@H](Oc2ccc3ccncc3c2)[C@H](O)C1. The predicted molar refractivity (Wildman–Crippen MR) is 94.8 cm³/mol. The molecule has 1 amide bonds. The van der Waals surface area contributed by atoms with Gasteiger partial charge in [0.15, 0.2) is 0 Å². The lowest BCUT2D eigenvalue weighted by atomic mass is 10.0. The van der Waals surface area contributed by atoms with Gasteiger partial charge < -0.3 is 14.7 Å². The molecule has 128 valence electrons. The van der Waals surface area contributed by atoms with E-state index in [4.69, 9.17) is 4.74 Å². The van der Waals surface area contributed by atoms with Gasteiger partial charge in [-0.25, -0.2) is 0 Å². The van der Waals surface area contributed by atoms with Gasteiger partial charge in [-0.3, -0.25) is 14.8 Å². The maximum Gasteiger partial charge on any atom is 0.265 e. The van der Waals surface area contributed by atoms with Crippen LogP contribution in [0.3, 0.4) is 0 Å². The number of aliphatic hydroxyl groups is 1. The van der Waals surface area contributed by atoms with E-state index in [0.717, 1.165) is 10.8 Å². The van der Waals surface area contributed by atoms with Crippen LogP contribution < -0.4 is 4.74 Å². The molecular formula is C18H17N3O3S. The molecule has 4 rings (SSSR count). The van der Waals surface area contributed by atoms with Crippen LogP contribution in [0.2, 0.25) is 0 Å². The highest BCUT2D eigenvalue weighted by atomic mass is 32.1. The number of hydrogen-bond donors (Lipinski definition) is 1. The number of β-amino-alcohol motifs (C(OH)–C–C–N with tert-alkyl or cyclic N) is 1. The second kappa shape index (κ2) is 6.78. The van der Waals surface area contributed by atoms with Gasteiger partial charge in [0.25, 0.3) is 5.91 Å². The summed E-state index contributed by atoms with van der Waals surface area (Å²) in [5.74, 6) is 0.614. The summed E-state index contributed by atoms with van der Waals surface area (Å²) < 4.78 is 5.97. The number of likely N-dealkylation sites (tertiary alicyclic amines) is 1. The zero-order chi connectivity index (χ0) is 17.2. The van der Waals surface area contributed by atoms with Crippen LogP contribution in [0.4, 0.5) is 0 Å². The summed E-state index contributed by atoms with van der Waals surface area (Å²) >= 11 is 1.31. The molecule has 3 heterocycles. The second-order valence-electron chi connectivity index (χ2n) is 6.01. The first-order valence-electron chi connectivity index (χ1n) is 8.07. The van der Waals surface area contributed by atoms with Crippen LogP contribution in [0.5, 0.6) is 5.75 Å². The molecule has 6 nitrogen and oxygen atoms in total. The molecule has 7 heteroatoms. The third kappa shape index (κ3) is 3.33. The Labute approximate surface area is 148 Å². The van der Waals surface area contributed by atoms with Crippen molar-refractivity contribution in [2.75, 3.05) is 13.1 Å². The van der Waals surface area contributed by atoms with Crippen molar-refractivity contribution in [3.63, 3.8) is 0 Å². The number of ether oxygens (including phenoxy) is 1. The molecular weight excluding hydrogens is 338 g/mol. The van der Waals surface area contributed by atoms with Gasteiger partial charge in [0, 0.05) is 30.7 Å². The lowest BCUT2D eigenvalue weighted by Crippen LogP contribution is -2.50. The first-order chi connectivity index (χ1) is 12.2. The fourth-order valence-corrected chi connectivity index (χ4v) is 3.61. The summed E-state index contributed by atoms with van der Waals surface area (Å²) in [6, 6.07) is 7.73. The maximum atomic E-state index is 12.4. The number of aromatic nitrogens is 2. The largest absolute Gasteiger partial charge is 0.488 e. The summed E-state index contributed by atoms with van der Waals surface area (Å²) in [5.41, 5.74) is 1.63. The van der Waals surface area contributed by atoms with Crippen LogP contribution in [0.1, 0.15) is 16.1 Å². The summed E-state index contributed by atoms with van der Waals surface area (Å²) in [4.78, 5) is 22.6. The van der Waals surface area contributed by atoms with Crippen molar-refractivity contribution in [2.24, 2.45) is 0 Å². The average Bonchev–Trinajstić information content (AvgIpc) is 3.17. The molecule has 3 aromatic rings. The molecule has 1 saturated heterocycles. The number of thiazole rings is 1. The Morgan fingerprint density at radius 2 is 2.16 bits per heavy atom. The predicted octanol–water partition coefficient (Wildman–Crippen LogP) is 2.35. The van der Waals surface area contributed by atoms with E-state index in [1.54, 1.807) is 29.0 Å². The van der Waals surface area contributed by atoms with Gasteiger partial charge in [-0.15, -0.1) is 11.3 Å². The summed E-state index contributed by atoms with van der Waals surface area (Å²) in [7, 11) is 0. The Morgan fingerprint density at radius 1 is 1.24 bits per heavy atom. The third-order valence-corrected chi connectivity index (χ3v) is 5.11. The van der Waals surface area contributed by atoms with Gasteiger partial charge >= 0.3 is 0 Å². The van der Waals surface area contributed by atoms with E-state index in [2.05, 4.69) is 9.97 Å². The first kappa shape index (κ1) is 16.0. The summed E-state index contributed by atoms with van der Waals surface area (Å²) in [5, 5.41) is 12.5. The third-order valence-electron chi connectivity index (χ3n) is 4.35. The Bertz CT molecular complexity index is 884. The number of fused-ring (bicyclic) bond motifs is 1. The number of aliphatic hydroxyl groups excluding tert-OH is 1. The second-order valence-corrected chi connectivity index (χ2v) is 6.90. The lowest BCUT2D eigenvalue weighted by Gasteiger charge is -2.35. The summed E-state index contributed by atoms with van der Waals surface area (Å²) in [6.45, 7) is 0.810. The highest BCUT2D eigenvalue weighted by molar-refractivity contribution is 7.11. The van der Waals surface area contributed by atoms with Crippen LogP contribution in [-0.2, 0) is 0 Å². The highest BCUT2D eigenvalue weighted by Crippen LogP contribution is 2.24. The van der Waals surface area contributed by atoms with Crippen molar-refractivity contribution in [3.8, 4) is 5.75 Å². The molecule has 1 aliphatic heterocycles. The smallest absolute Gasteiger partial charge is 0.265 e. The molecule has 1 N–H and O–H groups in total. The molecule has 2 atom stereocenters. The van der Waals surface area contributed by atoms with E-state index in [1.807, 2.05) is 24.3 Å². The highest BCUT2D eigenvalue weighted by Gasteiger charge is 2.32. The van der Waals surface area contributed by atoms with E-state index in [9.17, 15) is 9.90 Å². The molecule has 0 unspecified atom stereocenters. The van der Waals surface area contributed by atoms with E-state index >= 15 is 0 Å². The topological polar surface area (TPSA) is 75.6 Å². The van der Waals surface area contributed by atoms with Gasteiger partial charge in [0.05, 0.1) is 18.3 Å². The van der Waals surface area contributed by atoms with Crippen molar-refractivity contribution in [2.45, 2.75) is 18.6 Å². The van der Waals surface area contributed by atoms with Gasteiger partial charge in [0.2, 0.25) is 0 Å². The molecule has 25 heavy (non-hydrogen) atoms. The normalized spacial score (nSPS) is 20.6. The number of hydrogen-bond acceptors (Lipinski definition) is 6. The van der Waals surface area contributed by atoms with E-state index < -0.39 is 6.10 Å². The van der Waals surface area contributed by atoms with Gasteiger partial charge in [-0.2, -0.15) is 0 Å². The summed E-state index contributed by atoms with van der Waals surface area (Å²) in [6.07, 6.45) is 4.62. The van der Waals surface area contributed by atoms with Gasteiger partial charge in [-0.05, 0) is 23.6 Å². The van der Waals surface area contributed by atoms with Crippen LogP contribution in [0.25, 0.3) is 10.8 Å². The molecule has 0 aliphatic carbocycles. The van der Waals surface area contributed by atoms with Gasteiger partial charge in [0.1, 0.15) is 22.8 Å². The van der Waals surface area contributed by atoms with Crippen molar-refractivity contribution in [1.29, 1.82) is 0 Å². The zero-order valence-electron chi connectivity index (χ0n) is 13.4. The number of pyridine rings is 1. The Kier molecular flexibility index (Phi) is 4.33. The minimum Gasteiger partial charge on any atom is -0.488 e. The van der Waals surface area contributed by atoms with E-state index in [1.165, 1.54) is 11.3 Å². The van der Waals surface area contributed by atoms with Crippen LogP contribution in [-0.4, -0.2) is 51.2 Å². The molecule has 1 fully saturated rings. The molecule has 2 aromatic heterocycles. The lowest BCUT2D eigenvalue weighted by molar-refractivity contribution is -0.0197. The van der Waals surface area contributed by atoms with Crippen molar-refractivity contribution >= 4 is 28.0 Å². The van der Waals surface area contributed by atoms with Crippen LogP contribution >= 0.6 is 11.3 Å². The number of amides is 1. The van der Waals surface area contributed by atoms with Crippen molar-refractivity contribution < 1.29 is 14.6 Å². The Balaban J connectivity index is 1.43. The van der Waals surface area contributed by atoms with Crippen molar-refractivity contribution in [3.05, 3.63) is 53.2 Å². The Hall–Kier alpha value is -2.51. The minimum absolute atomic E-state index is 0.0863. The first-order valence-corrected chi connectivity index (χ1v) is 8.95. The number of carbonyl (C=O) groups is 1. The van der Waals surface area contributed by atoms with Crippen LogP contribution in [0, 0.1) is 0 Å². The maximum absolute atomic E-state index is 12.4. The van der Waals surface area contributed by atoms with Crippen LogP contribution in [0.15, 0.2) is 48.4 Å². The molecule has 0 saturated carbocycles. The Morgan fingerprint density at radius 3 is 2.96 bits per heavy atom. The fraction of sp³-hybridized carbons (Fsp3) is 0.278. The molecule has 0 radical (unpaired) electrons. The monoisotopic (exact) mass is 355 g/mol. The van der Waals surface area contributed by atoms with Crippen molar-refractivity contribution in [1.82, 2.24) is 14.9 Å².